The van der Waals surface area contributed by atoms with Crippen LogP contribution in [0.25, 0.3) is 0 Å². The average Bonchev–Trinajstić information content (AvgIpc) is 2.62. The highest BCUT2D eigenvalue weighted by molar-refractivity contribution is 4.97. The molecular formula is C12H23N3. The van der Waals surface area contributed by atoms with Gasteiger partial charge < -0.3 is 9.88 Å². The van der Waals surface area contributed by atoms with E-state index in [1.165, 1.54) is 5.82 Å². The van der Waals surface area contributed by atoms with E-state index in [4.69, 9.17) is 0 Å². The largest absolute Gasteiger partial charge is 0.334 e. The van der Waals surface area contributed by atoms with Crippen LogP contribution in [0.3, 0.4) is 0 Å². The van der Waals surface area contributed by atoms with E-state index in [0.717, 1.165) is 19.6 Å². The van der Waals surface area contributed by atoms with E-state index in [0.29, 0.717) is 11.8 Å². The second kappa shape index (κ2) is 5.91. The Bertz CT molecular complexity index is 278. The van der Waals surface area contributed by atoms with E-state index in [9.17, 15) is 0 Å². The highest BCUT2D eigenvalue weighted by Crippen LogP contribution is 2.13. The van der Waals surface area contributed by atoms with Gasteiger partial charge in [-0.2, -0.15) is 0 Å². The molecule has 1 aromatic rings. The van der Waals surface area contributed by atoms with Gasteiger partial charge in [-0.25, -0.2) is 4.98 Å². The van der Waals surface area contributed by atoms with Gasteiger partial charge in [0.1, 0.15) is 5.82 Å². The Hall–Kier alpha value is -0.830. The van der Waals surface area contributed by atoms with E-state index in [-0.39, 0.29) is 0 Å². The number of nitrogens with one attached hydrogen (secondary N) is 1. The zero-order valence-electron chi connectivity index (χ0n) is 10.3. The molecule has 0 aliphatic heterocycles. The Morgan fingerprint density at radius 2 is 2.13 bits per heavy atom. The third-order valence-electron chi connectivity index (χ3n) is 2.52. The molecule has 0 amide bonds. The molecule has 0 spiro atoms. The molecule has 86 valence electrons. The first-order valence-corrected chi connectivity index (χ1v) is 5.86. The number of aromatic nitrogens is 2. The van der Waals surface area contributed by atoms with Crippen LogP contribution < -0.4 is 5.32 Å². The summed E-state index contributed by atoms with van der Waals surface area (Å²) in [7, 11) is 0. The molecule has 0 fully saturated rings. The molecule has 0 radical (unpaired) electrons. The van der Waals surface area contributed by atoms with E-state index in [1.54, 1.807) is 0 Å². The van der Waals surface area contributed by atoms with E-state index in [2.05, 4.69) is 48.8 Å². The van der Waals surface area contributed by atoms with Crippen LogP contribution >= 0.6 is 0 Å². The summed E-state index contributed by atoms with van der Waals surface area (Å²) in [5, 5.41) is 3.38. The van der Waals surface area contributed by atoms with Crippen LogP contribution in [0.15, 0.2) is 12.4 Å². The van der Waals surface area contributed by atoms with Gasteiger partial charge in [-0.3, -0.25) is 0 Å². The van der Waals surface area contributed by atoms with Gasteiger partial charge in [0.2, 0.25) is 0 Å². The first kappa shape index (κ1) is 12.2. The van der Waals surface area contributed by atoms with Crippen molar-refractivity contribution < 1.29 is 0 Å². The SMILES string of the molecule is CCNCC(C)Cn1ccnc1C(C)C. The quantitative estimate of drug-likeness (QED) is 0.779. The third-order valence-corrected chi connectivity index (χ3v) is 2.52. The standard InChI is InChI=1S/C12H23N3/c1-5-13-8-11(4)9-15-7-6-14-12(15)10(2)3/h6-7,10-11,13H,5,8-9H2,1-4H3. The highest BCUT2D eigenvalue weighted by Gasteiger charge is 2.09. The summed E-state index contributed by atoms with van der Waals surface area (Å²) in [5.74, 6) is 2.35. The van der Waals surface area contributed by atoms with Crippen LogP contribution in [0, 0.1) is 5.92 Å². The molecule has 3 heteroatoms. The van der Waals surface area contributed by atoms with E-state index in [1.807, 2.05) is 6.20 Å². The van der Waals surface area contributed by atoms with E-state index >= 15 is 0 Å². The predicted molar refractivity (Wildman–Crippen MR) is 64.0 cm³/mol. The molecule has 15 heavy (non-hydrogen) atoms. The molecule has 0 aliphatic carbocycles. The molecule has 1 N–H and O–H groups in total. The first-order chi connectivity index (χ1) is 7.15. The molecule has 1 rings (SSSR count). The van der Waals surface area contributed by atoms with Crippen LogP contribution in [0.5, 0.6) is 0 Å². The normalized spacial score (nSPS) is 13.4. The van der Waals surface area contributed by atoms with Crippen molar-refractivity contribution in [1.29, 1.82) is 0 Å². The van der Waals surface area contributed by atoms with Crippen molar-refractivity contribution in [1.82, 2.24) is 14.9 Å². The van der Waals surface area contributed by atoms with Crippen molar-refractivity contribution in [2.75, 3.05) is 13.1 Å². The molecule has 0 saturated carbocycles. The third kappa shape index (κ3) is 3.67. The summed E-state index contributed by atoms with van der Waals surface area (Å²) in [6.45, 7) is 12.0. The predicted octanol–water partition coefficient (Wildman–Crippen LogP) is 2.25. The molecule has 1 aromatic heterocycles. The van der Waals surface area contributed by atoms with Gasteiger partial charge in [-0.15, -0.1) is 0 Å². The molecular weight excluding hydrogens is 186 g/mol. The lowest BCUT2D eigenvalue weighted by Crippen LogP contribution is -2.24. The monoisotopic (exact) mass is 209 g/mol. The number of hydrogen-bond acceptors (Lipinski definition) is 2. The van der Waals surface area contributed by atoms with Crippen LogP contribution in [-0.2, 0) is 6.54 Å². The molecule has 0 aromatic carbocycles. The van der Waals surface area contributed by atoms with Crippen LogP contribution in [0.1, 0.15) is 39.4 Å². The van der Waals surface area contributed by atoms with Crippen molar-refractivity contribution in [3.05, 3.63) is 18.2 Å². The maximum atomic E-state index is 4.39. The lowest BCUT2D eigenvalue weighted by atomic mass is 10.1. The van der Waals surface area contributed by atoms with Gasteiger partial charge in [-0.05, 0) is 19.0 Å². The fourth-order valence-electron chi connectivity index (χ4n) is 1.77. The van der Waals surface area contributed by atoms with Gasteiger partial charge in [0.05, 0.1) is 0 Å². The minimum atomic E-state index is 0.506. The van der Waals surface area contributed by atoms with Crippen LogP contribution in [0.2, 0.25) is 0 Å². The minimum absolute atomic E-state index is 0.506. The van der Waals surface area contributed by atoms with Crippen molar-refractivity contribution in [2.24, 2.45) is 5.92 Å². The smallest absolute Gasteiger partial charge is 0.111 e. The van der Waals surface area contributed by atoms with Gasteiger partial charge in [0, 0.05) is 24.9 Å². The van der Waals surface area contributed by atoms with Gasteiger partial charge in [0.15, 0.2) is 0 Å². The van der Waals surface area contributed by atoms with Gasteiger partial charge in [0.25, 0.3) is 0 Å². The molecule has 0 saturated heterocycles. The lowest BCUT2D eigenvalue weighted by molar-refractivity contribution is 0.438. The molecule has 1 heterocycles. The summed E-state index contributed by atoms with van der Waals surface area (Å²) < 4.78 is 2.27. The maximum absolute atomic E-state index is 4.39. The molecule has 1 unspecified atom stereocenters. The summed E-state index contributed by atoms with van der Waals surface area (Å²) in [6, 6.07) is 0. The fraction of sp³-hybridized carbons (Fsp3) is 0.750. The van der Waals surface area contributed by atoms with Gasteiger partial charge >= 0.3 is 0 Å². The summed E-state index contributed by atoms with van der Waals surface area (Å²) in [5.41, 5.74) is 0. The Labute approximate surface area is 92.9 Å². The van der Waals surface area contributed by atoms with Crippen molar-refractivity contribution in [3.8, 4) is 0 Å². The molecule has 0 aliphatic rings. The van der Waals surface area contributed by atoms with Gasteiger partial charge in [-0.1, -0.05) is 27.7 Å². The topological polar surface area (TPSA) is 29.9 Å². The number of rotatable bonds is 6. The van der Waals surface area contributed by atoms with Crippen molar-refractivity contribution in [2.45, 2.75) is 40.2 Å². The second-order valence-corrected chi connectivity index (χ2v) is 4.51. The second-order valence-electron chi connectivity index (χ2n) is 4.51. The average molecular weight is 209 g/mol. The highest BCUT2D eigenvalue weighted by atomic mass is 15.1. The molecule has 0 bridgehead atoms. The minimum Gasteiger partial charge on any atom is -0.334 e. The Morgan fingerprint density at radius 1 is 1.40 bits per heavy atom. The maximum Gasteiger partial charge on any atom is 0.111 e. The fourth-order valence-corrected chi connectivity index (χ4v) is 1.77. The number of hydrogen-bond donors (Lipinski definition) is 1. The first-order valence-electron chi connectivity index (χ1n) is 5.86. The number of nitrogens with zero attached hydrogens (tertiary/aromatic N) is 2. The van der Waals surface area contributed by atoms with Crippen molar-refractivity contribution in [3.63, 3.8) is 0 Å². The summed E-state index contributed by atoms with van der Waals surface area (Å²) >= 11 is 0. The number of imidazole rings is 1. The van der Waals surface area contributed by atoms with Crippen molar-refractivity contribution >= 4 is 0 Å². The Kier molecular flexibility index (Phi) is 4.82. The molecule has 1 atom stereocenters. The Morgan fingerprint density at radius 3 is 2.73 bits per heavy atom. The van der Waals surface area contributed by atoms with E-state index < -0.39 is 0 Å². The Balaban J connectivity index is 2.52. The lowest BCUT2D eigenvalue weighted by Gasteiger charge is -2.16. The zero-order valence-corrected chi connectivity index (χ0v) is 10.3. The van der Waals surface area contributed by atoms with Crippen LogP contribution in [-0.4, -0.2) is 22.6 Å². The van der Waals surface area contributed by atoms with Crippen LogP contribution in [0.4, 0.5) is 0 Å². The molecule has 3 nitrogen and oxygen atoms in total. The zero-order chi connectivity index (χ0) is 11.3. The summed E-state index contributed by atoms with van der Waals surface area (Å²) in [6.07, 6.45) is 3.98. The summed E-state index contributed by atoms with van der Waals surface area (Å²) in [4.78, 5) is 4.39.